The van der Waals surface area contributed by atoms with Crippen LogP contribution in [0.4, 0.5) is 0 Å². The summed E-state index contributed by atoms with van der Waals surface area (Å²) < 4.78 is 10.9. The van der Waals surface area contributed by atoms with Crippen LogP contribution in [0.3, 0.4) is 0 Å². The molecule has 0 radical (unpaired) electrons. The van der Waals surface area contributed by atoms with Crippen molar-refractivity contribution in [3.63, 3.8) is 0 Å². The molecule has 3 rings (SSSR count). The number of carbonyl (C=O) groups excluding carboxylic acids is 2. The molecule has 0 saturated carbocycles. The van der Waals surface area contributed by atoms with Gasteiger partial charge in [-0.25, -0.2) is 4.98 Å². The number of carbonyl (C=O) groups is 2. The monoisotopic (exact) mass is 482 g/mol. The Kier molecular flexibility index (Phi) is 9.46. The summed E-state index contributed by atoms with van der Waals surface area (Å²) in [4.78, 5) is 44.3. The molecule has 0 spiro atoms. The van der Waals surface area contributed by atoms with Crippen LogP contribution in [-0.2, 0) is 9.05 Å². The van der Waals surface area contributed by atoms with Crippen molar-refractivity contribution in [1.29, 1.82) is 0 Å². The molecular formula is C24H27N4O5P. The highest BCUT2D eigenvalue weighted by Crippen LogP contribution is 2.36. The van der Waals surface area contributed by atoms with Crippen molar-refractivity contribution < 1.29 is 18.6 Å². The Morgan fingerprint density at radius 2 is 1.50 bits per heavy atom. The van der Waals surface area contributed by atoms with Gasteiger partial charge in [-0.3, -0.25) is 14.4 Å². The van der Waals surface area contributed by atoms with Crippen molar-refractivity contribution in [2.24, 2.45) is 0 Å². The van der Waals surface area contributed by atoms with Crippen molar-refractivity contribution in [2.45, 2.75) is 19.9 Å². The van der Waals surface area contributed by atoms with Crippen LogP contribution < -0.4 is 16.2 Å². The summed E-state index contributed by atoms with van der Waals surface area (Å²) >= 11 is 0. The van der Waals surface area contributed by atoms with E-state index in [0.717, 1.165) is 17.3 Å². The average Bonchev–Trinajstić information content (AvgIpc) is 2.86. The highest BCUT2D eigenvalue weighted by Gasteiger charge is 2.21. The summed E-state index contributed by atoms with van der Waals surface area (Å²) in [6, 6.07) is 18.4. The normalized spacial score (nSPS) is 10.9. The zero-order valence-electron chi connectivity index (χ0n) is 19.0. The van der Waals surface area contributed by atoms with E-state index in [-0.39, 0.29) is 17.7 Å². The van der Waals surface area contributed by atoms with E-state index in [1.165, 1.54) is 0 Å². The smallest absolute Gasteiger partial charge is 0.287 e. The Bertz CT molecular complexity index is 1100. The predicted molar refractivity (Wildman–Crippen MR) is 130 cm³/mol. The Labute approximate surface area is 198 Å². The minimum absolute atomic E-state index is 0.150. The lowest BCUT2D eigenvalue weighted by molar-refractivity contribution is 0.0928. The Morgan fingerprint density at radius 3 is 2.00 bits per heavy atom. The van der Waals surface area contributed by atoms with Crippen molar-refractivity contribution in [3.05, 3.63) is 99.7 Å². The number of hydrogen-bond donors (Lipinski definition) is 3. The molecule has 0 aliphatic heterocycles. The molecule has 0 fully saturated rings. The molecule has 9 nitrogen and oxygen atoms in total. The molecular weight excluding hydrogens is 455 g/mol. The fourth-order valence-corrected chi connectivity index (χ4v) is 4.27. The quantitative estimate of drug-likeness (QED) is 0.360. The predicted octanol–water partition coefficient (Wildman–Crippen LogP) is 3.36. The molecule has 0 aliphatic rings. The topological polar surface area (TPSA) is 122 Å². The summed E-state index contributed by atoms with van der Waals surface area (Å²) in [5, 5.41) is 5.52. The van der Waals surface area contributed by atoms with E-state index in [0.29, 0.717) is 13.2 Å². The standard InChI is InChI=1S/C24H27N4O5P/c1-3-32-34(33-4-2)16-26-24(31)21-25-15-19(23(30)28-21)22(29)27-20(17-11-7-5-8-12-17)18-13-9-6-10-14-18/h5-15,20H,3-4,16H2,1-2H3,(H,26,31)(H,27,29)(H,25,28,30). The summed E-state index contributed by atoms with van der Waals surface area (Å²) in [7, 11) is -1.28. The van der Waals surface area contributed by atoms with E-state index in [9.17, 15) is 14.4 Å². The summed E-state index contributed by atoms with van der Waals surface area (Å²) in [6.07, 6.45) is 1.25. The molecule has 0 atom stereocenters. The van der Waals surface area contributed by atoms with E-state index >= 15 is 0 Å². The average molecular weight is 482 g/mol. The first-order chi connectivity index (χ1) is 16.5. The number of H-pyrrole nitrogens is 1. The molecule has 2 amide bonds. The lowest BCUT2D eigenvalue weighted by Gasteiger charge is -2.19. The van der Waals surface area contributed by atoms with Gasteiger partial charge in [0.1, 0.15) is 5.56 Å². The highest BCUT2D eigenvalue weighted by molar-refractivity contribution is 7.47. The number of aromatic nitrogens is 2. The maximum atomic E-state index is 13.0. The minimum Gasteiger partial charge on any atom is -0.341 e. The second-order valence-electron chi connectivity index (χ2n) is 7.03. The number of aromatic amines is 1. The summed E-state index contributed by atoms with van der Waals surface area (Å²) in [5.74, 6) is -1.40. The molecule has 0 bridgehead atoms. The van der Waals surface area contributed by atoms with Gasteiger partial charge in [0.2, 0.25) is 0 Å². The molecule has 0 unspecified atom stereocenters. The van der Waals surface area contributed by atoms with Gasteiger partial charge in [0, 0.05) is 6.20 Å². The van der Waals surface area contributed by atoms with Gasteiger partial charge in [-0.1, -0.05) is 60.7 Å². The molecule has 1 heterocycles. The summed E-state index contributed by atoms with van der Waals surface area (Å²) in [5.41, 5.74) is 0.818. The lowest BCUT2D eigenvalue weighted by Crippen LogP contribution is -2.35. The number of nitrogens with zero attached hydrogens (tertiary/aromatic N) is 1. The molecule has 2 aromatic carbocycles. The SMILES string of the molecule is CCOP(CNC(=O)c1ncc(C(=O)NC(c2ccccc2)c2ccccc2)c(=O)[nH]1)OCC. The van der Waals surface area contributed by atoms with Gasteiger partial charge in [0.25, 0.3) is 17.4 Å². The third-order valence-corrected chi connectivity index (χ3v) is 6.22. The number of benzene rings is 2. The zero-order chi connectivity index (χ0) is 24.3. The number of hydrogen-bond acceptors (Lipinski definition) is 6. The van der Waals surface area contributed by atoms with Gasteiger partial charge >= 0.3 is 0 Å². The van der Waals surface area contributed by atoms with Crippen molar-refractivity contribution in [1.82, 2.24) is 20.6 Å². The van der Waals surface area contributed by atoms with Crippen LogP contribution in [0.25, 0.3) is 0 Å². The molecule has 0 saturated heterocycles. The minimum atomic E-state index is -1.28. The first-order valence-electron chi connectivity index (χ1n) is 10.8. The fourth-order valence-electron chi connectivity index (χ4n) is 3.17. The molecule has 3 N–H and O–H groups in total. The van der Waals surface area contributed by atoms with E-state index in [4.69, 9.17) is 9.05 Å². The van der Waals surface area contributed by atoms with Crippen LogP contribution in [0.5, 0.6) is 0 Å². The van der Waals surface area contributed by atoms with E-state index < -0.39 is 31.8 Å². The number of rotatable bonds is 11. The van der Waals surface area contributed by atoms with Crippen molar-refractivity contribution >= 4 is 20.2 Å². The third-order valence-electron chi connectivity index (χ3n) is 4.72. The van der Waals surface area contributed by atoms with Crippen molar-refractivity contribution in [3.8, 4) is 0 Å². The Hall–Kier alpha value is -3.39. The van der Waals surface area contributed by atoms with Gasteiger partial charge in [-0.2, -0.15) is 0 Å². The second-order valence-corrected chi connectivity index (χ2v) is 8.53. The van der Waals surface area contributed by atoms with Crippen LogP contribution in [0.2, 0.25) is 0 Å². The first-order valence-corrected chi connectivity index (χ1v) is 12.2. The maximum absolute atomic E-state index is 13.0. The summed E-state index contributed by atoms with van der Waals surface area (Å²) in [6.45, 7) is 4.57. The zero-order valence-corrected chi connectivity index (χ0v) is 19.9. The largest absolute Gasteiger partial charge is 0.341 e. The van der Waals surface area contributed by atoms with E-state index in [2.05, 4.69) is 20.6 Å². The molecule has 0 aliphatic carbocycles. The van der Waals surface area contributed by atoms with Crippen LogP contribution in [0, 0.1) is 0 Å². The highest BCUT2D eigenvalue weighted by atomic mass is 31.2. The second kappa shape index (κ2) is 12.7. The molecule has 3 aromatic rings. The molecule has 178 valence electrons. The van der Waals surface area contributed by atoms with Crippen LogP contribution in [0.1, 0.15) is 52.0 Å². The van der Waals surface area contributed by atoms with Crippen LogP contribution in [-0.4, -0.2) is 41.3 Å². The number of nitrogens with one attached hydrogen (secondary N) is 3. The maximum Gasteiger partial charge on any atom is 0.287 e. The lowest BCUT2D eigenvalue weighted by atomic mass is 9.98. The molecule has 1 aromatic heterocycles. The third kappa shape index (κ3) is 6.81. The molecule has 34 heavy (non-hydrogen) atoms. The first kappa shape index (κ1) is 25.2. The van der Waals surface area contributed by atoms with Gasteiger partial charge in [0.05, 0.1) is 25.5 Å². The van der Waals surface area contributed by atoms with Crippen molar-refractivity contribution in [2.75, 3.05) is 19.5 Å². The Balaban J connectivity index is 1.74. The van der Waals surface area contributed by atoms with Gasteiger partial charge < -0.3 is 24.7 Å². The Morgan fingerprint density at radius 1 is 0.941 bits per heavy atom. The van der Waals surface area contributed by atoms with Crippen LogP contribution >= 0.6 is 8.38 Å². The van der Waals surface area contributed by atoms with Gasteiger partial charge in [-0.05, 0) is 25.0 Å². The van der Waals surface area contributed by atoms with E-state index in [1.807, 2.05) is 74.5 Å². The van der Waals surface area contributed by atoms with E-state index in [1.54, 1.807) is 0 Å². The van der Waals surface area contributed by atoms with Gasteiger partial charge in [0.15, 0.2) is 14.2 Å². The molecule has 10 heteroatoms. The number of amides is 2. The van der Waals surface area contributed by atoms with Gasteiger partial charge in [-0.15, -0.1) is 0 Å². The van der Waals surface area contributed by atoms with Crippen LogP contribution in [0.15, 0.2) is 71.7 Å². The fraction of sp³-hybridized carbons (Fsp3) is 0.250.